The number of halogens is 1. The number of nitrogens with one attached hydrogen (secondary N) is 2. The zero-order chi connectivity index (χ0) is 15.2. The maximum absolute atomic E-state index is 5.32. The fourth-order valence-electron chi connectivity index (χ4n) is 2.56. The van der Waals surface area contributed by atoms with Crippen molar-refractivity contribution in [1.82, 2.24) is 25.4 Å². The highest BCUT2D eigenvalue weighted by Crippen LogP contribution is 2.14. The van der Waals surface area contributed by atoms with Crippen LogP contribution < -0.4 is 10.6 Å². The molecule has 2 aromatic rings. The van der Waals surface area contributed by atoms with Gasteiger partial charge in [0.2, 0.25) is 0 Å². The van der Waals surface area contributed by atoms with Crippen LogP contribution in [0.3, 0.4) is 0 Å². The number of fused-ring (bicyclic) bond motifs is 1. The minimum atomic E-state index is 0. The first-order valence-electron chi connectivity index (χ1n) is 7.82. The van der Waals surface area contributed by atoms with Crippen molar-refractivity contribution in [2.75, 3.05) is 6.54 Å². The fourth-order valence-corrected chi connectivity index (χ4v) is 2.56. The molecule has 3 heterocycles. The maximum Gasteiger partial charge on any atom is 0.192 e. The minimum Gasteiger partial charge on any atom is -0.467 e. The van der Waals surface area contributed by atoms with Crippen molar-refractivity contribution in [2.24, 2.45) is 4.99 Å². The molecule has 0 spiro atoms. The summed E-state index contributed by atoms with van der Waals surface area (Å²) in [7, 11) is 0. The monoisotopic (exact) mass is 430 g/mol. The second-order valence-corrected chi connectivity index (χ2v) is 5.27. The van der Waals surface area contributed by atoms with Gasteiger partial charge in [-0.15, -0.1) is 34.2 Å². The molecule has 126 valence electrons. The Morgan fingerprint density at radius 1 is 1.35 bits per heavy atom. The second-order valence-electron chi connectivity index (χ2n) is 5.27. The molecule has 7 nitrogen and oxygen atoms in total. The van der Waals surface area contributed by atoms with Gasteiger partial charge in [-0.3, -0.25) is 0 Å². The number of aromatic nitrogens is 3. The zero-order valence-electron chi connectivity index (χ0n) is 13.3. The number of furan rings is 1. The zero-order valence-corrected chi connectivity index (χ0v) is 15.6. The van der Waals surface area contributed by atoms with E-state index in [1.807, 2.05) is 19.1 Å². The highest BCUT2D eigenvalue weighted by Gasteiger charge is 2.15. The number of rotatable bonds is 5. The average Bonchev–Trinajstić information content (AvgIpc) is 3.20. The lowest BCUT2D eigenvalue weighted by atomic mass is 10.2. The summed E-state index contributed by atoms with van der Waals surface area (Å²) in [5.74, 6) is 3.66. The quantitative estimate of drug-likeness (QED) is 0.432. The van der Waals surface area contributed by atoms with Gasteiger partial charge in [0.15, 0.2) is 11.8 Å². The number of hydrogen-bond donors (Lipinski definition) is 2. The van der Waals surface area contributed by atoms with Gasteiger partial charge in [-0.1, -0.05) is 0 Å². The van der Waals surface area contributed by atoms with Crippen LogP contribution in [0.4, 0.5) is 0 Å². The molecule has 3 rings (SSSR count). The smallest absolute Gasteiger partial charge is 0.192 e. The van der Waals surface area contributed by atoms with Gasteiger partial charge in [-0.25, -0.2) is 4.99 Å². The molecule has 0 unspecified atom stereocenters. The first kappa shape index (κ1) is 17.8. The number of aliphatic imine (C=N–C) groups is 1. The van der Waals surface area contributed by atoms with Crippen LogP contribution in [0.2, 0.25) is 0 Å². The molecule has 0 radical (unpaired) electrons. The van der Waals surface area contributed by atoms with E-state index in [-0.39, 0.29) is 24.0 Å². The van der Waals surface area contributed by atoms with Crippen LogP contribution in [0.1, 0.15) is 37.2 Å². The van der Waals surface area contributed by atoms with E-state index < -0.39 is 0 Å². The topological polar surface area (TPSA) is 80.3 Å². The maximum atomic E-state index is 5.32. The molecule has 0 aliphatic carbocycles. The Morgan fingerprint density at radius 2 is 2.26 bits per heavy atom. The first-order chi connectivity index (χ1) is 10.9. The molecule has 0 amide bonds. The van der Waals surface area contributed by atoms with Gasteiger partial charge < -0.3 is 19.6 Å². The van der Waals surface area contributed by atoms with Crippen molar-refractivity contribution < 1.29 is 4.42 Å². The van der Waals surface area contributed by atoms with E-state index in [0.29, 0.717) is 13.1 Å². The molecule has 0 saturated carbocycles. The average molecular weight is 430 g/mol. The van der Waals surface area contributed by atoms with E-state index in [9.17, 15) is 0 Å². The molecular formula is C15H23IN6O. The summed E-state index contributed by atoms with van der Waals surface area (Å²) < 4.78 is 7.51. The number of hydrogen-bond acceptors (Lipinski definition) is 4. The summed E-state index contributed by atoms with van der Waals surface area (Å²) in [5.41, 5.74) is 0. The van der Waals surface area contributed by atoms with Crippen LogP contribution in [0, 0.1) is 0 Å². The Labute approximate surface area is 153 Å². The lowest BCUT2D eigenvalue weighted by Gasteiger charge is -2.14. The highest BCUT2D eigenvalue weighted by molar-refractivity contribution is 14.0. The van der Waals surface area contributed by atoms with E-state index in [2.05, 4.69) is 30.4 Å². The SMILES string of the molecule is CCNC(=NCc1nnc2n1CCCC2)NCc1ccco1.I. The first-order valence-corrected chi connectivity index (χ1v) is 7.82. The van der Waals surface area contributed by atoms with Crippen LogP contribution in [0.5, 0.6) is 0 Å². The Kier molecular flexibility index (Phi) is 6.87. The van der Waals surface area contributed by atoms with Gasteiger partial charge in [-0.2, -0.15) is 0 Å². The van der Waals surface area contributed by atoms with E-state index in [1.165, 1.54) is 12.8 Å². The molecule has 1 aliphatic rings. The van der Waals surface area contributed by atoms with Gasteiger partial charge in [-0.05, 0) is 31.9 Å². The highest BCUT2D eigenvalue weighted by atomic mass is 127. The van der Waals surface area contributed by atoms with Gasteiger partial charge in [0.1, 0.15) is 18.1 Å². The molecule has 8 heteroatoms. The lowest BCUT2D eigenvalue weighted by Crippen LogP contribution is -2.36. The summed E-state index contributed by atoms with van der Waals surface area (Å²) in [6, 6.07) is 3.81. The Hall–Kier alpha value is -1.58. The Morgan fingerprint density at radius 3 is 3.04 bits per heavy atom. The summed E-state index contributed by atoms with van der Waals surface area (Å²) >= 11 is 0. The van der Waals surface area contributed by atoms with Crippen LogP contribution in [-0.4, -0.2) is 27.3 Å². The summed E-state index contributed by atoms with van der Waals surface area (Å²) in [4.78, 5) is 4.59. The summed E-state index contributed by atoms with van der Waals surface area (Å²) in [6.07, 6.45) is 5.09. The second kappa shape index (κ2) is 8.90. The van der Waals surface area contributed by atoms with Crippen molar-refractivity contribution in [3.8, 4) is 0 Å². The van der Waals surface area contributed by atoms with Crippen molar-refractivity contribution in [2.45, 2.75) is 45.8 Å². The fraction of sp³-hybridized carbons (Fsp3) is 0.533. The van der Waals surface area contributed by atoms with Crippen molar-refractivity contribution in [3.63, 3.8) is 0 Å². The standard InChI is InChI=1S/C15H22N6O.HI/c1-2-16-15(17-10-12-6-5-9-22-12)18-11-14-20-19-13-7-3-4-8-21(13)14;/h5-6,9H,2-4,7-8,10-11H2,1H3,(H2,16,17,18);1H. The van der Waals surface area contributed by atoms with Gasteiger partial charge in [0.05, 0.1) is 12.8 Å². The number of aryl methyl sites for hydroxylation is 1. The van der Waals surface area contributed by atoms with E-state index in [0.717, 1.165) is 42.9 Å². The summed E-state index contributed by atoms with van der Waals surface area (Å²) in [5, 5.41) is 15.0. The predicted octanol–water partition coefficient (Wildman–Crippen LogP) is 2.08. The van der Waals surface area contributed by atoms with Gasteiger partial charge in [0, 0.05) is 19.5 Å². The van der Waals surface area contributed by atoms with Crippen LogP contribution in [0.25, 0.3) is 0 Å². The third-order valence-corrected chi connectivity index (χ3v) is 3.67. The third kappa shape index (κ3) is 4.69. The molecule has 2 N–H and O–H groups in total. The molecule has 1 aliphatic heterocycles. The molecular weight excluding hydrogens is 407 g/mol. The van der Waals surface area contributed by atoms with E-state index in [1.54, 1.807) is 6.26 Å². The van der Waals surface area contributed by atoms with Crippen LogP contribution in [0.15, 0.2) is 27.8 Å². The largest absolute Gasteiger partial charge is 0.467 e. The van der Waals surface area contributed by atoms with Crippen molar-refractivity contribution in [3.05, 3.63) is 35.8 Å². The Bertz CT molecular complexity index is 622. The summed E-state index contributed by atoms with van der Waals surface area (Å²) in [6.45, 7) is 4.99. The lowest BCUT2D eigenvalue weighted by molar-refractivity contribution is 0.500. The van der Waals surface area contributed by atoms with E-state index in [4.69, 9.17) is 4.42 Å². The molecule has 0 atom stereocenters. The molecule has 0 aromatic carbocycles. The minimum absolute atomic E-state index is 0. The number of nitrogens with zero attached hydrogens (tertiary/aromatic N) is 4. The normalized spacial score (nSPS) is 14.0. The van der Waals surface area contributed by atoms with Crippen molar-refractivity contribution >= 4 is 29.9 Å². The van der Waals surface area contributed by atoms with Gasteiger partial charge in [0.25, 0.3) is 0 Å². The Balaban J connectivity index is 0.00000192. The molecule has 23 heavy (non-hydrogen) atoms. The van der Waals surface area contributed by atoms with E-state index >= 15 is 0 Å². The van der Waals surface area contributed by atoms with Crippen molar-refractivity contribution in [1.29, 1.82) is 0 Å². The predicted molar refractivity (Wildman–Crippen MR) is 98.7 cm³/mol. The van der Waals surface area contributed by atoms with Crippen LogP contribution >= 0.6 is 24.0 Å². The molecule has 0 fully saturated rings. The van der Waals surface area contributed by atoms with Crippen LogP contribution in [-0.2, 0) is 26.1 Å². The molecule has 0 bridgehead atoms. The third-order valence-electron chi connectivity index (χ3n) is 3.67. The van der Waals surface area contributed by atoms with Gasteiger partial charge >= 0.3 is 0 Å². The molecule has 2 aromatic heterocycles. The molecule has 0 saturated heterocycles. The number of guanidine groups is 1.